The molecule has 134 valence electrons. The minimum absolute atomic E-state index is 0.0349. The molecule has 0 heterocycles. The first-order valence-electron chi connectivity index (χ1n) is 9.26. The van der Waals surface area contributed by atoms with Crippen molar-refractivity contribution in [2.45, 2.75) is 59.0 Å². The molecule has 2 heteroatoms. The van der Waals surface area contributed by atoms with E-state index in [9.17, 15) is 5.11 Å². The third-order valence-electron chi connectivity index (χ3n) is 4.64. The second-order valence-electron chi connectivity index (χ2n) is 7.11. The van der Waals surface area contributed by atoms with E-state index in [0.717, 1.165) is 12.0 Å². The first kappa shape index (κ1) is 19.1. The van der Waals surface area contributed by atoms with Gasteiger partial charge in [0, 0.05) is 23.6 Å². The molecule has 0 fully saturated rings. The molecule has 0 bridgehead atoms. The van der Waals surface area contributed by atoms with Crippen molar-refractivity contribution in [1.82, 2.24) is 4.90 Å². The molecule has 1 N–H and O–H groups in total. The maximum Gasteiger partial charge on any atom is 0.119 e. The molecule has 2 rings (SSSR count). The summed E-state index contributed by atoms with van der Waals surface area (Å²) in [5, 5.41) is 10.5. The zero-order chi connectivity index (χ0) is 18.4. The Bertz CT molecular complexity index is 680. The summed E-state index contributed by atoms with van der Waals surface area (Å²) in [5.74, 6) is 0.393. The second kappa shape index (κ2) is 8.75. The van der Waals surface area contributed by atoms with Crippen LogP contribution in [0.25, 0.3) is 0 Å². The summed E-state index contributed by atoms with van der Waals surface area (Å²) in [6.07, 6.45) is 5.36. The average Bonchev–Trinajstić information content (AvgIpc) is 2.59. The van der Waals surface area contributed by atoms with Crippen LogP contribution < -0.4 is 0 Å². The van der Waals surface area contributed by atoms with Crippen LogP contribution in [0.3, 0.4) is 0 Å². The van der Waals surface area contributed by atoms with Crippen LogP contribution in [-0.2, 0) is 6.42 Å². The number of aromatic hydroxyl groups is 1. The monoisotopic (exact) mass is 337 g/mol. The van der Waals surface area contributed by atoms with Crippen LogP contribution >= 0.6 is 0 Å². The number of hydrogen-bond donors (Lipinski definition) is 1. The zero-order valence-electron chi connectivity index (χ0n) is 16.1. The highest BCUT2D eigenvalue weighted by Gasteiger charge is 2.17. The van der Waals surface area contributed by atoms with Gasteiger partial charge < -0.3 is 10.0 Å². The van der Waals surface area contributed by atoms with E-state index in [0.29, 0.717) is 17.8 Å². The van der Waals surface area contributed by atoms with Gasteiger partial charge in [0.25, 0.3) is 0 Å². The van der Waals surface area contributed by atoms with Gasteiger partial charge in [-0.1, -0.05) is 55.5 Å². The smallest absolute Gasteiger partial charge is 0.119 e. The Kier molecular flexibility index (Phi) is 6.69. The minimum Gasteiger partial charge on any atom is -0.508 e. The van der Waals surface area contributed by atoms with Crippen LogP contribution in [-0.4, -0.2) is 22.1 Å². The van der Waals surface area contributed by atoms with Crippen LogP contribution in [0.2, 0.25) is 0 Å². The van der Waals surface area contributed by atoms with Gasteiger partial charge in [0.05, 0.1) is 0 Å². The standard InChI is InChI=1S/C23H31NO/c1-6-19-12-13-23(25)22(16-19)21(20-10-8-7-9-11-20)14-15-24(17(2)3)18(4)5/h7-18,21,25H,6H2,1-5H3/b15-14+. The van der Waals surface area contributed by atoms with Gasteiger partial charge in [0.15, 0.2) is 0 Å². The van der Waals surface area contributed by atoms with Gasteiger partial charge in [-0.05, 0) is 57.5 Å². The lowest BCUT2D eigenvalue weighted by molar-refractivity contribution is 0.255. The first-order chi connectivity index (χ1) is 11.9. The van der Waals surface area contributed by atoms with Crippen molar-refractivity contribution in [3.8, 4) is 5.75 Å². The van der Waals surface area contributed by atoms with Crippen LogP contribution in [0, 0.1) is 0 Å². The summed E-state index contributed by atoms with van der Waals surface area (Å²) in [5.41, 5.74) is 3.40. The third kappa shape index (κ3) is 4.88. The summed E-state index contributed by atoms with van der Waals surface area (Å²) in [7, 11) is 0. The Morgan fingerprint density at radius 3 is 2.16 bits per heavy atom. The number of benzene rings is 2. The lowest BCUT2D eigenvalue weighted by Crippen LogP contribution is -2.32. The zero-order valence-corrected chi connectivity index (χ0v) is 16.1. The fourth-order valence-electron chi connectivity index (χ4n) is 3.25. The SMILES string of the molecule is CCc1ccc(O)c(C(/C=C/N(C(C)C)C(C)C)c2ccccc2)c1. The van der Waals surface area contributed by atoms with Gasteiger partial charge in [0.1, 0.15) is 5.75 Å². The van der Waals surface area contributed by atoms with E-state index in [1.165, 1.54) is 11.1 Å². The van der Waals surface area contributed by atoms with Gasteiger partial charge in [-0.25, -0.2) is 0 Å². The van der Waals surface area contributed by atoms with Crippen molar-refractivity contribution in [3.05, 3.63) is 77.5 Å². The number of phenolic OH excluding ortho intramolecular Hbond substituents is 1. The average molecular weight is 338 g/mol. The number of phenols is 1. The van der Waals surface area contributed by atoms with E-state index in [1.807, 2.05) is 18.2 Å². The molecule has 2 nitrogen and oxygen atoms in total. The predicted molar refractivity (Wildman–Crippen MR) is 107 cm³/mol. The molecule has 0 saturated carbocycles. The highest BCUT2D eigenvalue weighted by molar-refractivity contribution is 5.46. The van der Waals surface area contributed by atoms with Crippen molar-refractivity contribution < 1.29 is 5.11 Å². The molecule has 1 unspecified atom stereocenters. The Labute approximate surface area is 152 Å². The topological polar surface area (TPSA) is 23.5 Å². The number of allylic oxidation sites excluding steroid dienone is 1. The van der Waals surface area contributed by atoms with Gasteiger partial charge in [-0.2, -0.15) is 0 Å². The van der Waals surface area contributed by atoms with Crippen molar-refractivity contribution in [1.29, 1.82) is 0 Å². The van der Waals surface area contributed by atoms with Gasteiger partial charge in [0.2, 0.25) is 0 Å². The fraction of sp³-hybridized carbons (Fsp3) is 0.391. The third-order valence-corrected chi connectivity index (χ3v) is 4.64. The molecule has 0 aromatic heterocycles. The molecular weight excluding hydrogens is 306 g/mol. The maximum absolute atomic E-state index is 10.5. The van der Waals surface area contributed by atoms with E-state index < -0.39 is 0 Å². The van der Waals surface area contributed by atoms with Crippen molar-refractivity contribution in [2.75, 3.05) is 0 Å². The van der Waals surface area contributed by atoms with Crippen LogP contribution in [0.4, 0.5) is 0 Å². The van der Waals surface area contributed by atoms with E-state index >= 15 is 0 Å². The molecule has 0 aliphatic carbocycles. The molecule has 25 heavy (non-hydrogen) atoms. The lowest BCUT2D eigenvalue weighted by atomic mass is 9.89. The van der Waals surface area contributed by atoms with Gasteiger partial charge >= 0.3 is 0 Å². The number of rotatable bonds is 7. The quantitative estimate of drug-likeness (QED) is 0.698. The van der Waals surface area contributed by atoms with Gasteiger partial charge in [-0.15, -0.1) is 0 Å². The van der Waals surface area contributed by atoms with E-state index in [4.69, 9.17) is 0 Å². The van der Waals surface area contributed by atoms with Crippen LogP contribution in [0.1, 0.15) is 57.2 Å². The molecule has 0 spiro atoms. The summed E-state index contributed by atoms with van der Waals surface area (Å²) in [6, 6.07) is 17.2. The van der Waals surface area contributed by atoms with Crippen molar-refractivity contribution in [3.63, 3.8) is 0 Å². The Morgan fingerprint density at radius 1 is 0.960 bits per heavy atom. The maximum atomic E-state index is 10.5. The summed E-state index contributed by atoms with van der Waals surface area (Å²) in [4.78, 5) is 2.34. The predicted octanol–water partition coefficient (Wildman–Crippen LogP) is 5.72. The number of hydrogen-bond acceptors (Lipinski definition) is 2. The number of nitrogens with zero attached hydrogens (tertiary/aromatic N) is 1. The van der Waals surface area contributed by atoms with E-state index in [1.54, 1.807) is 0 Å². The Morgan fingerprint density at radius 2 is 1.60 bits per heavy atom. The van der Waals surface area contributed by atoms with Crippen molar-refractivity contribution in [2.24, 2.45) is 0 Å². The molecule has 2 aromatic carbocycles. The largest absolute Gasteiger partial charge is 0.508 e. The highest BCUT2D eigenvalue weighted by Crippen LogP contribution is 2.33. The van der Waals surface area contributed by atoms with E-state index in [2.05, 4.69) is 82.1 Å². The molecular formula is C23H31NO. The second-order valence-corrected chi connectivity index (χ2v) is 7.11. The van der Waals surface area contributed by atoms with Gasteiger partial charge in [-0.3, -0.25) is 0 Å². The Balaban J connectivity index is 2.48. The molecule has 0 amide bonds. The normalized spacial score (nSPS) is 12.9. The van der Waals surface area contributed by atoms with Crippen LogP contribution in [0.5, 0.6) is 5.75 Å². The summed E-state index contributed by atoms with van der Waals surface area (Å²) >= 11 is 0. The van der Waals surface area contributed by atoms with Crippen LogP contribution in [0.15, 0.2) is 60.8 Å². The molecule has 2 aromatic rings. The highest BCUT2D eigenvalue weighted by atomic mass is 16.3. The molecule has 0 aliphatic heterocycles. The summed E-state index contributed by atoms with van der Waals surface area (Å²) < 4.78 is 0. The van der Waals surface area contributed by atoms with Crippen molar-refractivity contribution >= 4 is 0 Å². The lowest BCUT2D eigenvalue weighted by Gasteiger charge is -2.30. The molecule has 0 aliphatic rings. The number of aryl methyl sites for hydroxylation is 1. The molecule has 0 radical (unpaired) electrons. The Hall–Kier alpha value is -2.22. The minimum atomic E-state index is 0.0349. The molecule has 0 saturated heterocycles. The fourth-order valence-corrected chi connectivity index (χ4v) is 3.25. The first-order valence-corrected chi connectivity index (χ1v) is 9.26. The molecule has 1 atom stereocenters. The van der Waals surface area contributed by atoms with E-state index in [-0.39, 0.29) is 5.92 Å². The summed E-state index contributed by atoms with van der Waals surface area (Å²) in [6.45, 7) is 11.0.